The Kier molecular flexibility index (Phi) is 3.47. The highest BCUT2D eigenvalue weighted by Crippen LogP contribution is 2.46. The van der Waals surface area contributed by atoms with Crippen LogP contribution in [-0.2, 0) is 10.8 Å². The van der Waals surface area contributed by atoms with Crippen LogP contribution in [0.1, 0.15) is 46.0 Å². The van der Waals surface area contributed by atoms with Crippen molar-refractivity contribution in [2.24, 2.45) is 0 Å². The van der Waals surface area contributed by atoms with E-state index in [-0.39, 0.29) is 0 Å². The molecule has 0 aromatic rings. The predicted molar refractivity (Wildman–Crippen MR) is 69.9 cm³/mol. The van der Waals surface area contributed by atoms with Gasteiger partial charge >= 0.3 is 0 Å². The predicted octanol–water partition coefficient (Wildman–Crippen LogP) is 2.31. The number of hydrogen-bond acceptors (Lipinski definition) is 1. The van der Waals surface area contributed by atoms with E-state index in [9.17, 15) is 4.21 Å². The van der Waals surface area contributed by atoms with Crippen LogP contribution in [0.15, 0.2) is 0 Å². The van der Waals surface area contributed by atoms with Crippen LogP contribution in [0.2, 0.25) is 0 Å². The molecule has 2 rings (SSSR count). The Labute approximate surface area is 102 Å². The molecule has 2 heterocycles. The highest BCUT2D eigenvalue weighted by atomic mass is 32.2. The fraction of sp³-hybridized carbons (Fsp3) is 1.00. The van der Waals surface area contributed by atoms with Crippen LogP contribution in [0.3, 0.4) is 0 Å². The smallest absolute Gasteiger partial charge is 0.125 e. The van der Waals surface area contributed by atoms with Gasteiger partial charge in [0.15, 0.2) is 0 Å². The largest absolute Gasteiger partial charge is 0.319 e. The van der Waals surface area contributed by atoms with Crippen molar-refractivity contribution in [3.63, 3.8) is 0 Å². The zero-order chi connectivity index (χ0) is 11.8. The Hall–Kier alpha value is 0.110. The molecule has 0 aliphatic carbocycles. The summed E-state index contributed by atoms with van der Waals surface area (Å²) in [6.07, 6.45) is 6.34. The van der Waals surface area contributed by atoms with Crippen LogP contribution >= 0.6 is 0 Å². The van der Waals surface area contributed by atoms with Gasteiger partial charge in [-0.05, 0) is 6.42 Å². The van der Waals surface area contributed by atoms with Crippen LogP contribution in [0.4, 0.5) is 0 Å². The average molecular weight is 244 g/mol. The molecule has 2 nitrogen and oxygen atoms in total. The quantitative estimate of drug-likeness (QED) is 0.694. The number of nitrogens with zero attached hydrogens (tertiary/aromatic N) is 1. The maximum Gasteiger partial charge on any atom is 0.125 e. The first-order valence-corrected chi connectivity index (χ1v) is 8.19. The number of likely N-dealkylation sites (tertiary alicyclic amines) is 1. The van der Waals surface area contributed by atoms with Crippen LogP contribution in [-0.4, -0.2) is 45.4 Å². The van der Waals surface area contributed by atoms with E-state index in [4.69, 9.17) is 0 Å². The number of rotatable bonds is 4. The van der Waals surface area contributed by atoms with E-state index in [1.54, 1.807) is 0 Å². The SMILES string of the molecule is CCC[C@@]1([N+]2(C)CCCC2)C[S@@](=O)[C@@H]1CC. The summed E-state index contributed by atoms with van der Waals surface area (Å²) in [4.78, 5) is 0. The summed E-state index contributed by atoms with van der Waals surface area (Å²) in [5.41, 5.74) is 0.366. The molecule has 0 aromatic heterocycles. The van der Waals surface area contributed by atoms with Crippen molar-refractivity contribution >= 4 is 10.8 Å². The summed E-state index contributed by atoms with van der Waals surface area (Å²) in [5, 5.41) is 0.468. The Morgan fingerprint density at radius 2 is 1.94 bits per heavy atom. The first kappa shape index (κ1) is 12.6. The molecule has 0 spiro atoms. The molecule has 2 fully saturated rings. The fourth-order valence-electron chi connectivity index (χ4n) is 4.07. The number of hydrogen-bond donors (Lipinski definition) is 0. The highest BCUT2D eigenvalue weighted by molar-refractivity contribution is 7.87. The van der Waals surface area contributed by atoms with E-state index in [1.165, 1.54) is 43.3 Å². The lowest BCUT2D eigenvalue weighted by atomic mass is 9.85. The van der Waals surface area contributed by atoms with Crippen LogP contribution in [0.5, 0.6) is 0 Å². The molecule has 0 saturated carbocycles. The molecule has 0 bridgehead atoms. The Bertz CT molecular complexity index is 286. The van der Waals surface area contributed by atoms with Gasteiger partial charge in [-0.1, -0.05) is 20.3 Å². The lowest BCUT2D eigenvalue weighted by Crippen LogP contribution is -2.75. The van der Waals surface area contributed by atoms with Gasteiger partial charge in [0.25, 0.3) is 0 Å². The monoisotopic (exact) mass is 244 g/mol. The van der Waals surface area contributed by atoms with Crippen molar-refractivity contribution in [2.45, 2.75) is 56.7 Å². The molecule has 2 aliphatic rings. The van der Waals surface area contributed by atoms with Gasteiger partial charge in [-0.25, -0.2) is 0 Å². The van der Waals surface area contributed by atoms with E-state index >= 15 is 0 Å². The van der Waals surface area contributed by atoms with Gasteiger partial charge in [0.1, 0.15) is 5.54 Å². The topological polar surface area (TPSA) is 17.1 Å². The van der Waals surface area contributed by atoms with Crippen molar-refractivity contribution in [1.82, 2.24) is 0 Å². The van der Waals surface area contributed by atoms with Gasteiger partial charge in [0.2, 0.25) is 0 Å². The normalized spacial score (nSPS) is 41.9. The molecule has 2 aliphatic heterocycles. The molecule has 0 unspecified atom stereocenters. The van der Waals surface area contributed by atoms with Crippen molar-refractivity contribution < 1.29 is 8.69 Å². The molecular formula is C13H26NOS+. The Balaban J connectivity index is 2.25. The molecule has 3 atom stereocenters. The Morgan fingerprint density at radius 3 is 2.38 bits per heavy atom. The first-order chi connectivity index (χ1) is 7.59. The third-order valence-corrected chi connectivity index (χ3v) is 7.18. The minimum atomic E-state index is -0.538. The van der Waals surface area contributed by atoms with E-state index in [0.29, 0.717) is 10.8 Å². The lowest BCUT2D eigenvalue weighted by molar-refractivity contribution is -0.948. The van der Waals surface area contributed by atoms with Gasteiger partial charge in [-0.15, -0.1) is 0 Å². The molecule has 0 aromatic carbocycles. The summed E-state index contributed by atoms with van der Waals surface area (Å²) >= 11 is 0. The van der Waals surface area contributed by atoms with Gasteiger partial charge < -0.3 is 4.48 Å². The average Bonchev–Trinajstić information content (AvgIpc) is 2.66. The molecule has 0 N–H and O–H groups in total. The van der Waals surface area contributed by atoms with Gasteiger partial charge in [-0.3, -0.25) is 4.21 Å². The van der Waals surface area contributed by atoms with Gasteiger partial charge in [-0.2, -0.15) is 0 Å². The second kappa shape index (κ2) is 4.41. The minimum absolute atomic E-state index is 0.366. The van der Waals surface area contributed by atoms with Crippen LogP contribution in [0, 0.1) is 0 Å². The lowest BCUT2D eigenvalue weighted by Gasteiger charge is -2.58. The van der Waals surface area contributed by atoms with E-state index in [2.05, 4.69) is 20.9 Å². The molecule has 3 heteroatoms. The zero-order valence-corrected chi connectivity index (χ0v) is 11.8. The van der Waals surface area contributed by atoms with Crippen LogP contribution < -0.4 is 0 Å². The molecule has 94 valence electrons. The summed E-state index contributed by atoms with van der Waals surface area (Å²) in [6, 6.07) is 0. The number of quaternary nitrogens is 1. The molecular weight excluding hydrogens is 218 g/mol. The van der Waals surface area contributed by atoms with Gasteiger partial charge in [0.05, 0.1) is 31.1 Å². The first-order valence-electron chi connectivity index (χ1n) is 6.81. The van der Waals surface area contributed by atoms with E-state index < -0.39 is 10.8 Å². The van der Waals surface area contributed by atoms with Gasteiger partial charge in [0, 0.05) is 30.1 Å². The second-order valence-corrected chi connectivity index (χ2v) is 7.44. The third-order valence-electron chi connectivity index (χ3n) is 4.99. The summed E-state index contributed by atoms with van der Waals surface area (Å²) in [5.74, 6) is 0.968. The zero-order valence-electron chi connectivity index (χ0n) is 11.0. The summed E-state index contributed by atoms with van der Waals surface area (Å²) in [7, 11) is 1.88. The van der Waals surface area contributed by atoms with Crippen molar-refractivity contribution in [3.8, 4) is 0 Å². The summed E-state index contributed by atoms with van der Waals surface area (Å²) in [6.45, 7) is 7.12. The maximum absolute atomic E-state index is 12.0. The van der Waals surface area contributed by atoms with E-state index in [0.717, 1.165) is 12.2 Å². The Morgan fingerprint density at radius 1 is 1.31 bits per heavy atom. The third kappa shape index (κ3) is 1.59. The van der Waals surface area contributed by atoms with Crippen molar-refractivity contribution in [1.29, 1.82) is 0 Å². The van der Waals surface area contributed by atoms with E-state index in [1.807, 2.05) is 0 Å². The highest BCUT2D eigenvalue weighted by Gasteiger charge is 2.63. The van der Waals surface area contributed by atoms with Crippen LogP contribution in [0.25, 0.3) is 0 Å². The minimum Gasteiger partial charge on any atom is -0.319 e. The summed E-state index contributed by atoms with van der Waals surface area (Å²) < 4.78 is 13.2. The van der Waals surface area contributed by atoms with Crippen molar-refractivity contribution in [3.05, 3.63) is 0 Å². The maximum atomic E-state index is 12.0. The van der Waals surface area contributed by atoms with Crippen molar-refractivity contribution in [2.75, 3.05) is 25.9 Å². The standard InChI is InChI=1S/C13H26NOS/c1-4-8-13(11-16(15)12(13)5-2)14(3)9-6-7-10-14/h12H,4-11H2,1-3H3/q+1/t12-,13-,16-/m1/s1. The molecule has 2 saturated heterocycles. The molecule has 16 heavy (non-hydrogen) atoms. The molecule has 0 radical (unpaired) electrons. The fourth-order valence-corrected chi connectivity index (χ4v) is 6.44. The molecule has 0 amide bonds. The second-order valence-electron chi connectivity index (χ2n) is 5.83.